The van der Waals surface area contributed by atoms with Crippen molar-refractivity contribution in [3.63, 3.8) is 0 Å². The second-order valence-electron chi connectivity index (χ2n) is 12.7. The van der Waals surface area contributed by atoms with E-state index in [1.165, 1.54) is 6.07 Å². The minimum Gasteiger partial charge on any atom is -0.420 e. The van der Waals surface area contributed by atoms with Gasteiger partial charge in [-0.25, -0.2) is 9.18 Å². The van der Waals surface area contributed by atoms with Crippen LogP contribution in [0.3, 0.4) is 0 Å². The Hall–Kier alpha value is -4.96. The Morgan fingerprint density at radius 1 is 0.673 bits per heavy atom. The predicted octanol–water partition coefficient (Wildman–Crippen LogP) is 8.64. The summed E-state index contributed by atoms with van der Waals surface area (Å²) in [6.45, 7) is 6.44. The van der Waals surface area contributed by atoms with Gasteiger partial charge in [-0.15, -0.1) is 0 Å². The number of ether oxygens (including phenoxy) is 6. The van der Waals surface area contributed by atoms with Crippen molar-refractivity contribution < 1.29 is 37.6 Å². The van der Waals surface area contributed by atoms with E-state index in [0.717, 1.165) is 28.3 Å². The van der Waals surface area contributed by atoms with Gasteiger partial charge in [-0.2, -0.15) is 0 Å². The van der Waals surface area contributed by atoms with Gasteiger partial charge < -0.3 is 28.4 Å². The summed E-state index contributed by atoms with van der Waals surface area (Å²) >= 11 is 0. The van der Waals surface area contributed by atoms with E-state index in [-0.39, 0.29) is 25.6 Å². The number of aryl methyl sites for hydroxylation is 1. The molecular formula is C44H43FO7. The summed E-state index contributed by atoms with van der Waals surface area (Å²) in [5.74, 6) is -1.64. The van der Waals surface area contributed by atoms with Crippen molar-refractivity contribution in [2.75, 3.05) is 6.61 Å². The minimum absolute atomic E-state index is 0.165. The molecular weight excluding hydrogens is 659 g/mol. The van der Waals surface area contributed by atoms with Crippen LogP contribution in [0.15, 0.2) is 146 Å². The maximum atomic E-state index is 15.8. The van der Waals surface area contributed by atoms with Gasteiger partial charge >= 0.3 is 5.97 Å². The average molecular weight is 703 g/mol. The van der Waals surface area contributed by atoms with E-state index >= 15 is 4.39 Å². The van der Waals surface area contributed by atoms with Crippen molar-refractivity contribution in [2.45, 2.75) is 63.9 Å². The largest absolute Gasteiger partial charge is 0.420 e. The van der Waals surface area contributed by atoms with Gasteiger partial charge in [0.15, 0.2) is 11.6 Å². The Bertz CT molecular complexity index is 1830. The average Bonchev–Trinajstić information content (AvgIpc) is 3.18. The first kappa shape index (κ1) is 36.8. The van der Waals surface area contributed by atoms with Gasteiger partial charge in [0.2, 0.25) is 0 Å². The molecule has 5 aromatic rings. The fourth-order valence-corrected chi connectivity index (χ4v) is 6.25. The van der Waals surface area contributed by atoms with Gasteiger partial charge in [0, 0.05) is 6.08 Å². The highest BCUT2D eigenvalue weighted by molar-refractivity contribution is 5.83. The number of carbonyl (C=O) groups is 1. The molecule has 0 aromatic heterocycles. The zero-order chi connectivity index (χ0) is 36.1. The third-order valence-electron chi connectivity index (χ3n) is 8.83. The number of hydrogen-bond acceptors (Lipinski definition) is 7. The molecule has 0 aliphatic carbocycles. The van der Waals surface area contributed by atoms with Crippen molar-refractivity contribution in [1.29, 1.82) is 0 Å². The third kappa shape index (κ3) is 9.88. The molecule has 0 N–H and O–H groups in total. The van der Waals surface area contributed by atoms with E-state index in [9.17, 15) is 4.79 Å². The molecule has 5 aromatic carbocycles. The fourth-order valence-electron chi connectivity index (χ4n) is 6.25. The quantitative estimate of drug-likeness (QED) is 0.0579. The highest BCUT2D eigenvalue weighted by Crippen LogP contribution is 2.40. The molecule has 1 aliphatic rings. The summed E-state index contributed by atoms with van der Waals surface area (Å²) in [7, 11) is 0. The van der Waals surface area contributed by atoms with E-state index in [2.05, 4.69) is 6.58 Å². The number of benzene rings is 5. The lowest BCUT2D eigenvalue weighted by atomic mass is 9.89. The lowest BCUT2D eigenvalue weighted by Crippen LogP contribution is -2.58. The smallest absolute Gasteiger partial charge is 0.335 e. The van der Waals surface area contributed by atoms with Gasteiger partial charge in [-0.05, 0) is 52.4 Å². The predicted molar refractivity (Wildman–Crippen MR) is 196 cm³/mol. The number of halogens is 1. The second-order valence-corrected chi connectivity index (χ2v) is 12.7. The maximum absolute atomic E-state index is 15.8. The summed E-state index contributed by atoms with van der Waals surface area (Å²) < 4.78 is 54.5. The van der Waals surface area contributed by atoms with Crippen LogP contribution in [0.5, 0.6) is 5.75 Å². The molecule has 0 spiro atoms. The van der Waals surface area contributed by atoms with Crippen molar-refractivity contribution in [2.24, 2.45) is 0 Å². The second kappa shape index (κ2) is 18.5. The van der Waals surface area contributed by atoms with Gasteiger partial charge in [0.05, 0.1) is 33.0 Å². The van der Waals surface area contributed by atoms with Crippen molar-refractivity contribution in [1.82, 2.24) is 0 Å². The summed E-state index contributed by atoms with van der Waals surface area (Å²) in [4.78, 5) is 12.0. The molecule has 1 saturated heterocycles. The number of hydrogen-bond donors (Lipinski definition) is 0. The first-order valence-electron chi connectivity index (χ1n) is 17.4. The van der Waals surface area contributed by atoms with Crippen molar-refractivity contribution in [3.05, 3.63) is 185 Å². The Morgan fingerprint density at radius 2 is 1.13 bits per heavy atom. The van der Waals surface area contributed by atoms with E-state index in [1.807, 2.05) is 121 Å². The molecule has 0 bridgehead atoms. The Labute approximate surface area is 304 Å². The number of esters is 1. The molecule has 0 unspecified atom stereocenters. The first-order valence-corrected chi connectivity index (χ1v) is 17.4. The zero-order valence-corrected chi connectivity index (χ0v) is 29.1. The van der Waals surface area contributed by atoms with E-state index in [0.29, 0.717) is 24.3 Å². The lowest BCUT2D eigenvalue weighted by molar-refractivity contribution is -0.275. The van der Waals surface area contributed by atoms with Crippen LogP contribution in [-0.4, -0.2) is 37.0 Å². The molecule has 0 radical (unpaired) electrons. The SMILES string of the molecule is C=CC(=O)Oc1c(C)cc([C@H]2O[C@H](COCc3ccccc3)[C@@H](OCc3ccccc3)[C@H](OCc3ccccc3)[C@@H]2OCc2ccccc2)cc1F. The molecule has 6 rings (SSSR count). The summed E-state index contributed by atoms with van der Waals surface area (Å²) in [6.07, 6.45) is -2.54. The van der Waals surface area contributed by atoms with Gasteiger partial charge in [0.1, 0.15) is 30.5 Å². The molecule has 1 fully saturated rings. The van der Waals surface area contributed by atoms with Crippen LogP contribution >= 0.6 is 0 Å². The van der Waals surface area contributed by atoms with Crippen LogP contribution in [0.2, 0.25) is 0 Å². The molecule has 268 valence electrons. The molecule has 5 atom stereocenters. The van der Waals surface area contributed by atoms with Crippen LogP contribution in [0.4, 0.5) is 4.39 Å². The number of carbonyl (C=O) groups excluding carboxylic acids is 1. The molecule has 0 amide bonds. The third-order valence-corrected chi connectivity index (χ3v) is 8.83. The van der Waals surface area contributed by atoms with Crippen molar-refractivity contribution in [3.8, 4) is 5.75 Å². The first-order chi connectivity index (χ1) is 25.5. The van der Waals surface area contributed by atoms with Crippen LogP contribution in [0.25, 0.3) is 0 Å². The molecule has 1 aliphatic heterocycles. The molecule has 0 saturated carbocycles. The number of rotatable bonds is 16. The van der Waals surface area contributed by atoms with Crippen LogP contribution in [0.1, 0.15) is 39.5 Å². The maximum Gasteiger partial charge on any atom is 0.335 e. The van der Waals surface area contributed by atoms with E-state index in [4.69, 9.17) is 28.4 Å². The Morgan fingerprint density at radius 3 is 1.62 bits per heavy atom. The summed E-state index contributed by atoms with van der Waals surface area (Å²) in [5, 5.41) is 0. The molecule has 1 heterocycles. The lowest BCUT2D eigenvalue weighted by Gasteiger charge is -2.46. The Balaban J connectivity index is 1.39. The molecule has 7 nitrogen and oxygen atoms in total. The van der Waals surface area contributed by atoms with Crippen LogP contribution in [0, 0.1) is 12.7 Å². The van der Waals surface area contributed by atoms with Crippen LogP contribution in [-0.2, 0) is 54.9 Å². The normalized spacial score (nSPS) is 19.9. The Kier molecular flexibility index (Phi) is 13.1. The summed E-state index contributed by atoms with van der Waals surface area (Å²) in [6, 6.07) is 42.5. The van der Waals surface area contributed by atoms with Gasteiger partial charge in [-0.1, -0.05) is 128 Å². The minimum atomic E-state index is -0.816. The monoisotopic (exact) mass is 702 g/mol. The molecule has 8 heteroatoms. The highest BCUT2D eigenvalue weighted by Gasteiger charge is 2.49. The van der Waals surface area contributed by atoms with Crippen LogP contribution < -0.4 is 4.74 Å². The fraction of sp³-hybridized carbons (Fsp3) is 0.250. The molecule has 52 heavy (non-hydrogen) atoms. The zero-order valence-electron chi connectivity index (χ0n) is 29.1. The van der Waals surface area contributed by atoms with Gasteiger partial charge in [0.25, 0.3) is 0 Å². The van der Waals surface area contributed by atoms with Crippen molar-refractivity contribution >= 4 is 5.97 Å². The topological polar surface area (TPSA) is 72.5 Å². The highest BCUT2D eigenvalue weighted by atomic mass is 19.1. The standard InChI is InChI=1S/C44H43FO7/c1-3-39(46)52-40-31(2)24-36(25-37(40)45)41-43(49-28-34-20-12-6-13-21-34)44(50-29-35-22-14-7-15-23-35)42(48-27-33-18-10-5-11-19-33)38(51-41)30-47-26-32-16-8-4-9-17-32/h3-25,38,41-44H,1,26-30H2,2H3/t38-,41-,42-,43-,44+/m1/s1. The van der Waals surface area contributed by atoms with E-state index in [1.54, 1.807) is 13.0 Å². The van der Waals surface area contributed by atoms with Gasteiger partial charge in [-0.3, -0.25) is 0 Å². The van der Waals surface area contributed by atoms with E-state index < -0.39 is 42.3 Å². The summed E-state index contributed by atoms with van der Waals surface area (Å²) in [5.41, 5.74) is 4.83.